The molecule has 0 atom stereocenters. The van der Waals surface area contributed by atoms with Crippen LogP contribution in [0.25, 0.3) is 12.2 Å². The van der Waals surface area contributed by atoms with Crippen LogP contribution in [0.5, 0.6) is 23.0 Å². The van der Waals surface area contributed by atoms with Gasteiger partial charge < -0.3 is 18.9 Å². The molecule has 10 heteroatoms. The minimum atomic E-state index is -4.20. The second kappa shape index (κ2) is 10.4. The van der Waals surface area contributed by atoms with Gasteiger partial charge in [-0.2, -0.15) is 0 Å². The molecule has 0 radical (unpaired) electrons. The second-order valence-electron chi connectivity index (χ2n) is 6.94. The number of rotatable bonds is 9. The maximum atomic E-state index is 14.7. The molecule has 3 aromatic rings. The first-order chi connectivity index (χ1) is 16.2. The quantitative estimate of drug-likeness (QED) is 0.426. The summed E-state index contributed by atoms with van der Waals surface area (Å²) in [6, 6.07) is 10.4. The van der Waals surface area contributed by atoms with E-state index in [0.717, 1.165) is 12.1 Å². The van der Waals surface area contributed by atoms with Gasteiger partial charge in [0.1, 0.15) is 5.82 Å². The number of hydrogen-bond acceptors (Lipinski definition) is 6. The molecule has 0 saturated heterocycles. The molecule has 0 spiro atoms. The van der Waals surface area contributed by atoms with Gasteiger partial charge in [-0.3, -0.25) is 4.72 Å². The van der Waals surface area contributed by atoms with E-state index in [1.54, 1.807) is 24.3 Å². The number of anilines is 1. The van der Waals surface area contributed by atoms with E-state index in [1.165, 1.54) is 52.7 Å². The van der Waals surface area contributed by atoms with Gasteiger partial charge in [0.15, 0.2) is 23.1 Å². The zero-order valence-electron chi connectivity index (χ0n) is 18.9. The molecule has 0 saturated carbocycles. The highest BCUT2D eigenvalue weighted by molar-refractivity contribution is 7.92. The highest BCUT2D eigenvalue weighted by Crippen LogP contribution is 2.39. The molecular weight excluding hydrogens is 468 g/mol. The monoisotopic (exact) mass is 491 g/mol. The summed E-state index contributed by atoms with van der Waals surface area (Å²) in [4.78, 5) is -0.312. The molecule has 0 amide bonds. The Morgan fingerprint density at radius 1 is 0.765 bits per heavy atom. The molecule has 7 nitrogen and oxygen atoms in total. The summed E-state index contributed by atoms with van der Waals surface area (Å²) in [7, 11) is 1.47. The topological polar surface area (TPSA) is 83.1 Å². The van der Waals surface area contributed by atoms with Crippen LogP contribution in [0.2, 0.25) is 0 Å². The van der Waals surface area contributed by atoms with Crippen molar-refractivity contribution in [2.75, 3.05) is 33.2 Å². The van der Waals surface area contributed by atoms with Crippen molar-refractivity contribution in [1.29, 1.82) is 0 Å². The molecule has 0 aliphatic carbocycles. The Hall–Kier alpha value is -3.79. The van der Waals surface area contributed by atoms with Crippen molar-refractivity contribution in [3.8, 4) is 23.0 Å². The molecule has 180 valence electrons. The molecule has 34 heavy (non-hydrogen) atoms. The van der Waals surface area contributed by atoms with Crippen LogP contribution in [0.1, 0.15) is 11.1 Å². The first-order valence-electron chi connectivity index (χ1n) is 9.86. The highest BCUT2D eigenvalue weighted by Gasteiger charge is 2.20. The Bertz CT molecular complexity index is 1300. The van der Waals surface area contributed by atoms with E-state index < -0.39 is 21.7 Å². The van der Waals surface area contributed by atoms with Crippen molar-refractivity contribution in [1.82, 2.24) is 0 Å². The normalized spacial score (nSPS) is 11.4. The van der Waals surface area contributed by atoms with E-state index in [4.69, 9.17) is 18.9 Å². The van der Waals surface area contributed by atoms with Gasteiger partial charge in [-0.1, -0.05) is 18.2 Å². The van der Waals surface area contributed by atoms with E-state index in [2.05, 4.69) is 4.72 Å². The van der Waals surface area contributed by atoms with Crippen molar-refractivity contribution >= 4 is 27.9 Å². The Morgan fingerprint density at radius 2 is 1.35 bits per heavy atom. The minimum absolute atomic E-state index is 0.142. The molecule has 0 unspecified atom stereocenters. The number of sulfonamides is 1. The number of benzene rings is 3. The van der Waals surface area contributed by atoms with Crippen molar-refractivity contribution in [3.05, 3.63) is 71.3 Å². The lowest BCUT2D eigenvalue weighted by atomic mass is 10.1. The third-order valence-electron chi connectivity index (χ3n) is 4.78. The fourth-order valence-corrected chi connectivity index (χ4v) is 4.31. The minimum Gasteiger partial charge on any atom is -0.493 e. The molecular formula is C24H23F2NO6S. The van der Waals surface area contributed by atoms with Crippen LogP contribution in [0.4, 0.5) is 14.5 Å². The van der Waals surface area contributed by atoms with Crippen LogP contribution >= 0.6 is 0 Å². The first-order valence-corrected chi connectivity index (χ1v) is 11.3. The van der Waals surface area contributed by atoms with E-state index in [-0.39, 0.29) is 16.3 Å². The second-order valence-corrected chi connectivity index (χ2v) is 8.62. The van der Waals surface area contributed by atoms with E-state index in [9.17, 15) is 17.2 Å². The Balaban J connectivity index is 1.99. The molecule has 3 aromatic carbocycles. The van der Waals surface area contributed by atoms with Crippen molar-refractivity contribution in [3.63, 3.8) is 0 Å². The van der Waals surface area contributed by atoms with Crippen LogP contribution in [-0.2, 0) is 10.0 Å². The van der Waals surface area contributed by atoms with Crippen molar-refractivity contribution in [2.45, 2.75) is 4.90 Å². The zero-order chi connectivity index (χ0) is 24.9. The van der Waals surface area contributed by atoms with Gasteiger partial charge in [-0.25, -0.2) is 17.2 Å². The van der Waals surface area contributed by atoms with E-state index >= 15 is 0 Å². The molecule has 0 heterocycles. The summed E-state index contributed by atoms with van der Waals surface area (Å²) in [5, 5.41) is 0. The third-order valence-corrected chi connectivity index (χ3v) is 6.14. The van der Waals surface area contributed by atoms with Gasteiger partial charge in [0.2, 0.25) is 5.75 Å². The van der Waals surface area contributed by atoms with Crippen LogP contribution in [-0.4, -0.2) is 36.9 Å². The summed E-state index contributed by atoms with van der Waals surface area (Å²) in [6.07, 6.45) is 3.24. The van der Waals surface area contributed by atoms with Gasteiger partial charge in [0.05, 0.1) is 39.0 Å². The van der Waals surface area contributed by atoms with Crippen molar-refractivity contribution < 1.29 is 36.1 Å². The predicted molar refractivity (Wildman–Crippen MR) is 125 cm³/mol. The smallest absolute Gasteiger partial charge is 0.262 e. The SMILES string of the molecule is COc1cc(/C=C\c2cc(F)c(OC)c(NS(=O)(=O)c3cccc(F)c3)c2)cc(OC)c1OC. The fraction of sp³-hybridized carbons (Fsp3) is 0.167. The maximum Gasteiger partial charge on any atom is 0.262 e. The molecule has 0 aromatic heterocycles. The average molecular weight is 492 g/mol. The Morgan fingerprint density at radius 3 is 1.88 bits per heavy atom. The molecule has 3 rings (SSSR count). The van der Waals surface area contributed by atoms with E-state index in [0.29, 0.717) is 28.4 Å². The van der Waals surface area contributed by atoms with Crippen molar-refractivity contribution in [2.24, 2.45) is 0 Å². The lowest BCUT2D eigenvalue weighted by molar-refractivity contribution is 0.324. The molecule has 1 N–H and O–H groups in total. The van der Waals surface area contributed by atoms with Crippen LogP contribution in [0, 0.1) is 11.6 Å². The van der Waals surface area contributed by atoms with Gasteiger partial charge in [-0.15, -0.1) is 0 Å². The molecule has 0 bridgehead atoms. The number of methoxy groups -OCH3 is 4. The van der Waals surface area contributed by atoms with Crippen LogP contribution in [0.3, 0.4) is 0 Å². The van der Waals surface area contributed by atoms with Gasteiger partial charge in [0.25, 0.3) is 10.0 Å². The molecule has 0 aliphatic heterocycles. The number of ether oxygens (including phenoxy) is 4. The van der Waals surface area contributed by atoms with Crippen LogP contribution in [0.15, 0.2) is 53.4 Å². The average Bonchev–Trinajstić information content (AvgIpc) is 2.81. The van der Waals surface area contributed by atoms with Crippen LogP contribution < -0.4 is 23.7 Å². The standard InChI is InChI=1S/C24H23F2NO6S/c1-30-21-12-16(13-22(31-2)24(21)33-4)9-8-15-10-19(26)23(32-3)20(11-15)27-34(28,29)18-7-5-6-17(25)14-18/h5-14,27H,1-4H3/b9-8-. The highest BCUT2D eigenvalue weighted by atomic mass is 32.2. The van der Waals surface area contributed by atoms with Gasteiger partial charge in [-0.05, 0) is 53.6 Å². The summed E-state index contributed by atoms with van der Waals surface area (Å²) >= 11 is 0. The fourth-order valence-electron chi connectivity index (χ4n) is 3.22. The lowest BCUT2D eigenvalue weighted by Crippen LogP contribution is -2.14. The maximum absolute atomic E-state index is 14.7. The summed E-state index contributed by atoms with van der Waals surface area (Å²) in [5.41, 5.74) is 0.855. The molecule has 0 fully saturated rings. The summed E-state index contributed by atoms with van der Waals surface area (Å²) < 4.78 is 76.9. The number of hydrogen-bond donors (Lipinski definition) is 1. The predicted octanol–water partition coefficient (Wildman–Crippen LogP) is 4.97. The number of nitrogens with one attached hydrogen (secondary N) is 1. The number of halogens is 2. The van der Waals surface area contributed by atoms with Gasteiger partial charge >= 0.3 is 0 Å². The largest absolute Gasteiger partial charge is 0.493 e. The third kappa shape index (κ3) is 5.40. The Labute approximate surface area is 196 Å². The first kappa shape index (κ1) is 24.8. The molecule has 0 aliphatic rings. The summed E-state index contributed by atoms with van der Waals surface area (Å²) in [5.74, 6) is -0.511. The Kier molecular flexibility index (Phi) is 7.62. The van der Waals surface area contributed by atoms with E-state index in [1.807, 2.05) is 0 Å². The zero-order valence-corrected chi connectivity index (χ0v) is 19.7. The summed E-state index contributed by atoms with van der Waals surface area (Å²) in [6.45, 7) is 0. The van der Waals surface area contributed by atoms with Gasteiger partial charge in [0, 0.05) is 0 Å². The lowest BCUT2D eigenvalue weighted by Gasteiger charge is -2.14.